The number of rotatable bonds is 1. The summed E-state index contributed by atoms with van der Waals surface area (Å²) < 4.78 is 35.4. The van der Waals surface area contributed by atoms with E-state index in [9.17, 15) is 18.1 Å². The summed E-state index contributed by atoms with van der Waals surface area (Å²) in [4.78, 5) is 32.1. The summed E-state index contributed by atoms with van der Waals surface area (Å²) in [7, 11) is -4.88. The Morgan fingerprint density at radius 2 is 0.844 bits per heavy atom. The molecule has 0 spiro atoms. The van der Waals surface area contributed by atoms with Crippen LogP contribution in [0.4, 0.5) is 23.3 Å². The number of aromatic nitrogens is 4. The van der Waals surface area contributed by atoms with Gasteiger partial charge in [0.25, 0.3) is 10.1 Å². The minimum Gasteiger partial charge on any atom is -0.506 e. The molecule has 0 aliphatic carbocycles. The summed E-state index contributed by atoms with van der Waals surface area (Å²) in [5.41, 5.74) is 1.91. The second-order valence-electron chi connectivity index (χ2n) is 10.7. The molecule has 6 N–H and O–H groups in total. The summed E-state index contributed by atoms with van der Waals surface area (Å²) in [5, 5.41) is 15.8. The minimum atomic E-state index is -4.88. The Morgan fingerprint density at radius 1 is 0.467 bits per heavy atom. The molecule has 4 aromatic heterocycles. The topological polar surface area (TPSA) is 187 Å². The van der Waals surface area contributed by atoms with E-state index in [4.69, 9.17) is 20.0 Å². The van der Waals surface area contributed by atoms with E-state index in [0.717, 1.165) is 32.3 Å². The van der Waals surface area contributed by atoms with Crippen LogP contribution in [0.5, 0.6) is 5.75 Å². The number of hydrogen-bond donors (Lipinski definition) is 6. The van der Waals surface area contributed by atoms with Gasteiger partial charge in [-0.05, 0) is 12.1 Å². The van der Waals surface area contributed by atoms with E-state index < -0.39 is 20.8 Å². The maximum absolute atomic E-state index is 12.6. The second-order valence-corrected chi connectivity index (χ2v) is 12.0. The summed E-state index contributed by atoms with van der Waals surface area (Å²) in [6.45, 7) is 0. The molecule has 5 heterocycles. The number of hydrogen-bond acceptors (Lipinski definition) is 7. The van der Waals surface area contributed by atoms with Crippen LogP contribution >= 0.6 is 0 Å². The van der Waals surface area contributed by atoms with E-state index in [0.29, 0.717) is 39.0 Å². The molecular formula is C32H20N8O4S. The van der Waals surface area contributed by atoms with Crippen molar-refractivity contribution in [2.24, 2.45) is 20.0 Å². The van der Waals surface area contributed by atoms with Crippen LogP contribution in [0.25, 0.3) is 43.1 Å². The van der Waals surface area contributed by atoms with E-state index in [-0.39, 0.29) is 17.0 Å². The van der Waals surface area contributed by atoms with Crippen molar-refractivity contribution in [3.05, 3.63) is 107 Å². The van der Waals surface area contributed by atoms with E-state index in [1.54, 1.807) is 0 Å². The lowest BCUT2D eigenvalue weighted by Gasteiger charge is -2.03. The van der Waals surface area contributed by atoms with Crippen molar-refractivity contribution in [1.29, 1.82) is 0 Å². The standard InChI is InChI=1S/C32H20N8O4S/c41-22-14-13-21-23(24(22)45(42,43)44)32-39-30-20-12-6-5-11-19(20)28(37-30)35-26-16-8-2-1-7-15(16)25(33-26)34-27-17-9-3-4-10-18(17)29(36-27)38-31(21)40-32/h1-14,41H,(H,42,43,44)(H4,33,34,35,36,37,38,39,40). The van der Waals surface area contributed by atoms with Gasteiger partial charge in [0.2, 0.25) is 0 Å². The molecule has 9 rings (SSSR count). The second kappa shape index (κ2) is 8.98. The first-order chi connectivity index (χ1) is 21.8. The van der Waals surface area contributed by atoms with Gasteiger partial charge in [-0.25, -0.2) is 20.0 Å². The molecular weight excluding hydrogens is 592 g/mol. The zero-order chi connectivity index (χ0) is 30.4. The summed E-state index contributed by atoms with van der Waals surface area (Å²) in [5.74, 6) is 0.892. The van der Waals surface area contributed by atoms with Gasteiger partial charge in [-0.3, -0.25) is 4.55 Å². The van der Waals surface area contributed by atoms with Crippen LogP contribution in [0.2, 0.25) is 0 Å². The maximum atomic E-state index is 12.6. The Balaban J connectivity index is 1.53. The quantitative estimate of drug-likeness (QED) is 0.147. The van der Waals surface area contributed by atoms with Crippen LogP contribution in [0.3, 0.4) is 0 Å². The SMILES string of the molecule is O=S(=O)(O)c1c(O)ccc2c3[nH]c(c12)N=c1[nH]c(c2ccccc12)=Nc1[nH]c(c2ccccc12)N=c1[nH]c(c2ccccc12)=N3. The summed E-state index contributed by atoms with van der Waals surface area (Å²) in [6, 6.07) is 25.7. The van der Waals surface area contributed by atoms with Crippen LogP contribution in [0.15, 0.2) is 110 Å². The highest BCUT2D eigenvalue weighted by Gasteiger charge is 2.25. The zero-order valence-corrected chi connectivity index (χ0v) is 23.8. The first kappa shape index (κ1) is 25.4. The van der Waals surface area contributed by atoms with Crippen LogP contribution in [-0.2, 0) is 10.1 Å². The molecule has 0 saturated heterocycles. The fourth-order valence-electron chi connectivity index (χ4n) is 6.08. The van der Waals surface area contributed by atoms with Gasteiger partial charge >= 0.3 is 0 Å². The van der Waals surface area contributed by atoms with Crippen LogP contribution < -0.4 is 22.0 Å². The van der Waals surface area contributed by atoms with Crippen LogP contribution in [-0.4, -0.2) is 38.0 Å². The number of nitrogens with one attached hydrogen (secondary N) is 4. The lowest BCUT2D eigenvalue weighted by Crippen LogP contribution is -2.10. The molecule has 218 valence electrons. The molecule has 0 fully saturated rings. The van der Waals surface area contributed by atoms with Crippen molar-refractivity contribution in [2.75, 3.05) is 0 Å². The number of aromatic amines is 4. The Kier molecular flexibility index (Phi) is 5.08. The first-order valence-electron chi connectivity index (χ1n) is 13.9. The number of phenols is 1. The third-order valence-electron chi connectivity index (χ3n) is 8.04. The van der Waals surface area contributed by atoms with Gasteiger partial charge in [0.05, 0.1) is 5.39 Å². The summed E-state index contributed by atoms with van der Waals surface area (Å²) >= 11 is 0. The highest BCUT2D eigenvalue weighted by Crippen LogP contribution is 2.42. The Morgan fingerprint density at radius 3 is 1.29 bits per heavy atom. The molecule has 13 heteroatoms. The Hall–Kier alpha value is -6.05. The van der Waals surface area contributed by atoms with Gasteiger partial charge in [-0.1, -0.05) is 72.8 Å². The molecule has 0 saturated carbocycles. The molecule has 1 aliphatic rings. The van der Waals surface area contributed by atoms with E-state index in [1.165, 1.54) is 12.1 Å². The van der Waals surface area contributed by atoms with Crippen molar-refractivity contribution in [3.63, 3.8) is 0 Å². The molecule has 0 amide bonds. The first-order valence-corrected chi connectivity index (χ1v) is 15.3. The zero-order valence-electron chi connectivity index (χ0n) is 23.0. The Labute approximate surface area is 251 Å². The normalized spacial score (nSPS) is 13.1. The number of H-pyrrole nitrogens is 4. The van der Waals surface area contributed by atoms with Crippen LogP contribution in [0.1, 0.15) is 0 Å². The van der Waals surface area contributed by atoms with Gasteiger partial charge in [0, 0.05) is 37.7 Å². The maximum Gasteiger partial charge on any atom is 0.298 e. The number of aromatic hydroxyl groups is 1. The van der Waals surface area contributed by atoms with E-state index in [1.807, 2.05) is 72.8 Å². The van der Waals surface area contributed by atoms with Crippen molar-refractivity contribution < 1.29 is 18.1 Å². The van der Waals surface area contributed by atoms with Crippen molar-refractivity contribution in [1.82, 2.24) is 19.9 Å². The average molecular weight is 613 g/mol. The molecule has 12 nitrogen and oxygen atoms in total. The number of phenolic OH excluding ortho intramolecular Hbond substituents is 1. The molecule has 8 bridgehead atoms. The fraction of sp³-hybridized carbons (Fsp3) is 0. The molecule has 0 radical (unpaired) electrons. The van der Waals surface area contributed by atoms with Gasteiger partial charge < -0.3 is 25.0 Å². The van der Waals surface area contributed by atoms with E-state index in [2.05, 4.69) is 19.9 Å². The van der Waals surface area contributed by atoms with Gasteiger partial charge in [0.15, 0.2) is 0 Å². The monoisotopic (exact) mass is 612 g/mol. The van der Waals surface area contributed by atoms with Crippen molar-refractivity contribution in [3.8, 4) is 5.75 Å². The van der Waals surface area contributed by atoms with Gasteiger partial charge in [-0.2, -0.15) is 8.42 Å². The molecule has 45 heavy (non-hydrogen) atoms. The average Bonchev–Trinajstić information content (AvgIpc) is 3.76. The third kappa shape index (κ3) is 3.78. The molecule has 4 aromatic carbocycles. The number of nitrogens with zero attached hydrogens (tertiary/aromatic N) is 4. The smallest absolute Gasteiger partial charge is 0.298 e. The fourth-order valence-corrected chi connectivity index (χ4v) is 6.88. The Bertz CT molecular complexity index is 2930. The lowest BCUT2D eigenvalue weighted by atomic mass is 10.2. The molecule has 1 aliphatic heterocycles. The minimum absolute atomic E-state index is 0.0157. The molecule has 0 atom stereocenters. The number of fused-ring (bicyclic) bond motifs is 20. The van der Waals surface area contributed by atoms with Crippen molar-refractivity contribution in [2.45, 2.75) is 4.90 Å². The lowest BCUT2D eigenvalue weighted by molar-refractivity contribution is 0.445. The summed E-state index contributed by atoms with van der Waals surface area (Å²) in [6.07, 6.45) is 0. The van der Waals surface area contributed by atoms with Crippen molar-refractivity contribution >= 4 is 76.5 Å². The van der Waals surface area contributed by atoms with Gasteiger partial charge in [-0.15, -0.1) is 0 Å². The van der Waals surface area contributed by atoms with E-state index >= 15 is 0 Å². The predicted octanol–water partition coefficient (Wildman–Crippen LogP) is 4.68. The molecule has 8 aromatic rings. The molecule has 0 unspecified atom stereocenters. The predicted molar refractivity (Wildman–Crippen MR) is 168 cm³/mol. The third-order valence-corrected chi connectivity index (χ3v) is 8.97. The van der Waals surface area contributed by atoms with Crippen LogP contribution in [0, 0.1) is 0 Å². The van der Waals surface area contributed by atoms with Gasteiger partial charge in [0.1, 0.15) is 55.9 Å². The number of benzene rings is 4. The highest BCUT2D eigenvalue weighted by molar-refractivity contribution is 7.86. The highest BCUT2D eigenvalue weighted by atomic mass is 32.2. The largest absolute Gasteiger partial charge is 0.506 e.